The smallest absolute Gasteiger partial charge is 0.254 e. The van der Waals surface area contributed by atoms with Gasteiger partial charge in [0.05, 0.1) is 11.3 Å². The van der Waals surface area contributed by atoms with Gasteiger partial charge < -0.3 is 9.64 Å². The molecule has 0 spiro atoms. The first kappa shape index (κ1) is 19.6. The molecule has 0 atom stereocenters. The molecule has 0 aliphatic carbocycles. The van der Waals surface area contributed by atoms with Gasteiger partial charge in [-0.25, -0.2) is 0 Å². The highest BCUT2D eigenvalue weighted by molar-refractivity contribution is 7.10. The largest absolute Gasteiger partial charge is 0.381 e. The lowest BCUT2D eigenvalue weighted by molar-refractivity contribution is 0.0361. The van der Waals surface area contributed by atoms with Crippen LogP contribution in [0.25, 0.3) is 0 Å². The standard InChI is InChI=1S/C22H29N3O2S/c1-3-16-4-5-17(23-12-16)13-25-9-6-19-20(15-28-21(19)14-25)22(26)24(2)18-7-10-27-11-8-18/h4-5,12,15,18H,3,6-11,13-14H2,1-2H3. The van der Waals surface area contributed by atoms with Crippen LogP contribution < -0.4 is 0 Å². The van der Waals surface area contributed by atoms with Crippen molar-refractivity contribution in [1.29, 1.82) is 0 Å². The van der Waals surface area contributed by atoms with Crippen molar-refractivity contribution in [3.05, 3.63) is 51.0 Å². The molecule has 4 heterocycles. The lowest BCUT2D eigenvalue weighted by Crippen LogP contribution is -2.41. The van der Waals surface area contributed by atoms with Crippen LogP contribution >= 0.6 is 11.3 Å². The van der Waals surface area contributed by atoms with Crippen molar-refractivity contribution in [2.45, 2.75) is 51.7 Å². The molecule has 1 amide bonds. The summed E-state index contributed by atoms with van der Waals surface area (Å²) in [5, 5.41) is 2.07. The Morgan fingerprint density at radius 3 is 2.89 bits per heavy atom. The molecule has 6 heteroatoms. The SMILES string of the molecule is CCc1ccc(CN2CCc3c(C(=O)N(C)C4CCOCC4)csc3C2)nc1. The Labute approximate surface area is 171 Å². The van der Waals surface area contributed by atoms with Crippen LogP contribution in [-0.2, 0) is 30.7 Å². The molecule has 4 rings (SSSR count). The van der Waals surface area contributed by atoms with Crippen LogP contribution in [0.15, 0.2) is 23.7 Å². The molecule has 150 valence electrons. The minimum absolute atomic E-state index is 0.176. The Balaban J connectivity index is 1.41. The topological polar surface area (TPSA) is 45.7 Å². The zero-order chi connectivity index (χ0) is 19.5. The van der Waals surface area contributed by atoms with Gasteiger partial charge >= 0.3 is 0 Å². The number of ether oxygens (including phenoxy) is 1. The quantitative estimate of drug-likeness (QED) is 0.772. The van der Waals surface area contributed by atoms with Crippen LogP contribution in [0, 0.1) is 0 Å². The molecular weight excluding hydrogens is 370 g/mol. The van der Waals surface area contributed by atoms with Crippen LogP contribution in [0.3, 0.4) is 0 Å². The van der Waals surface area contributed by atoms with Crippen molar-refractivity contribution >= 4 is 17.2 Å². The van der Waals surface area contributed by atoms with Crippen molar-refractivity contribution in [3.8, 4) is 0 Å². The number of nitrogens with zero attached hydrogens (tertiary/aromatic N) is 3. The number of aromatic nitrogens is 1. The minimum atomic E-state index is 0.176. The van der Waals surface area contributed by atoms with E-state index in [1.54, 1.807) is 11.3 Å². The maximum Gasteiger partial charge on any atom is 0.254 e. The molecule has 1 saturated heterocycles. The number of pyridine rings is 1. The fourth-order valence-corrected chi connectivity index (χ4v) is 5.23. The third-order valence-corrected chi connectivity index (χ3v) is 7.01. The summed E-state index contributed by atoms with van der Waals surface area (Å²) >= 11 is 1.73. The number of carbonyl (C=O) groups excluding carboxylic acids is 1. The molecule has 2 aliphatic heterocycles. The molecule has 0 bridgehead atoms. The van der Waals surface area contributed by atoms with E-state index in [4.69, 9.17) is 4.74 Å². The number of carbonyl (C=O) groups is 1. The summed E-state index contributed by atoms with van der Waals surface area (Å²) < 4.78 is 5.44. The predicted molar refractivity (Wildman–Crippen MR) is 112 cm³/mol. The van der Waals surface area contributed by atoms with Gasteiger partial charge in [0.2, 0.25) is 0 Å². The second kappa shape index (κ2) is 8.72. The van der Waals surface area contributed by atoms with Gasteiger partial charge in [0.1, 0.15) is 0 Å². The summed E-state index contributed by atoms with van der Waals surface area (Å²) in [6.45, 7) is 6.41. The molecular formula is C22H29N3O2S. The first-order valence-corrected chi connectivity index (χ1v) is 11.1. The molecule has 0 radical (unpaired) electrons. The molecule has 0 aromatic carbocycles. The van der Waals surface area contributed by atoms with Crippen molar-refractivity contribution in [1.82, 2.24) is 14.8 Å². The van der Waals surface area contributed by atoms with Gasteiger partial charge in [-0.05, 0) is 42.9 Å². The fourth-order valence-electron chi connectivity index (χ4n) is 4.11. The van der Waals surface area contributed by atoms with Gasteiger partial charge in [0, 0.05) is 62.4 Å². The molecule has 1 fully saturated rings. The van der Waals surface area contributed by atoms with Gasteiger partial charge in [0.15, 0.2) is 0 Å². The second-order valence-corrected chi connectivity index (χ2v) is 8.75. The van der Waals surface area contributed by atoms with E-state index in [0.717, 1.165) is 69.8 Å². The normalized spacial score (nSPS) is 18.1. The van der Waals surface area contributed by atoms with Crippen LogP contribution in [0.5, 0.6) is 0 Å². The van der Waals surface area contributed by atoms with E-state index in [1.165, 1.54) is 16.0 Å². The van der Waals surface area contributed by atoms with E-state index in [2.05, 4.69) is 34.3 Å². The Kier molecular flexibility index (Phi) is 6.09. The van der Waals surface area contributed by atoms with E-state index >= 15 is 0 Å². The number of rotatable bonds is 5. The Bertz CT molecular complexity index is 812. The molecule has 0 unspecified atom stereocenters. The Hall–Kier alpha value is -1.76. The molecule has 0 saturated carbocycles. The second-order valence-electron chi connectivity index (χ2n) is 7.78. The maximum absolute atomic E-state index is 13.1. The molecule has 2 aliphatic rings. The molecule has 5 nitrogen and oxygen atoms in total. The predicted octanol–water partition coefficient (Wildman–Crippen LogP) is 3.51. The summed E-state index contributed by atoms with van der Waals surface area (Å²) in [7, 11) is 1.95. The first-order valence-electron chi connectivity index (χ1n) is 10.3. The van der Waals surface area contributed by atoms with Crippen LogP contribution in [0.2, 0.25) is 0 Å². The zero-order valence-electron chi connectivity index (χ0n) is 16.8. The highest BCUT2D eigenvalue weighted by atomic mass is 32.1. The molecule has 0 N–H and O–H groups in total. The summed E-state index contributed by atoms with van der Waals surface area (Å²) in [5.74, 6) is 0.176. The van der Waals surface area contributed by atoms with E-state index < -0.39 is 0 Å². The third kappa shape index (κ3) is 4.14. The number of aryl methyl sites for hydroxylation is 1. The van der Waals surface area contributed by atoms with E-state index in [0.29, 0.717) is 6.04 Å². The lowest BCUT2D eigenvalue weighted by Gasteiger charge is -2.32. The Morgan fingerprint density at radius 2 is 2.18 bits per heavy atom. The van der Waals surface area contributed by atoms with Gasteiger partial charge in [0.25, 0.3) is 5.91 Å². The fraction of sp³-hybridized carbons (Fsp3) is 0.545. The number of hydrogen-bond donors (Lipinski definition) is 0. The summed E-state index contributed by atoms with van der Waals surface area (Å²) in [4.78, 5) is 23.4. The van der Waals surface area contributed by atoms with E-state index in [9.17, 15) is 4.79 Å². The molecule has 2 aromatic heterocycles. The van der Waals surface area contributed by atoms with Crippen molar-refractivity contribution in [2.75, 3.05) is 26.8 Å². The van der Waals surface area contributed by atoms with Crippen LogP contribution in [0.4, 0.5) is 0 Å². The Morgan fingerprint density at radius 1 is 1.36 bits per heavy atom. The van der Waals surface area contributed by atoms with Gasteiger partial charge in [-0.1, -0.05) is 13.0 Å². The number of hydrogen-bond acceptors (Lipinski definition) is 5. The average Bonchev–Trinajstić information content (AvgIpc) is 3.17. The summed E-state index contributed by atoms with van der Waals surface area (Å²) in [5.41, 5.74) is 4.58. The number of fused-ring (bicyclic) bond motifs is 1. The molecule has 2 aromatic rings. The van der Waals surface area contributed by atoms with Crippen molar-refractivity contribution in [3.63, 3.8) is 0 Å². The zero-order valence-corrected chi connectivity index (χ0v) is 17.6. The van der Waals surface area contributed by atoms with E-state index in [1.807, 2.05) is 18.1 Å². The van der Waals surface area contributed by atoms with E-state index in [-0.39, 0.29) is 5.91 Å². The van der Waals surface area contributed by atoms with Gasteiger partial charge in [-0.3, -0.25) is 14.7 Å². The highest BCUT2D eigenvalue weighted by Gasteiger charge is 2.29. The lowest BCUT2D eigenvalue weighted by atomic mass is 10.0. The van der Waals surface area contributed by atoms with Crippen molar-refractivity contribution < 1.29 is 9.53 Å². The summed E-state index contributed by atoms with van der Waals surface area (Å²) in [6.07, 6.45) is 5.82. The maximum atomic E-state index is 13.1. The average molecular weight is 400 g/mol. The van der Waals surface area contributed by atoms with Gasteiger partial charge in [-0.15, -0.1) is 11.3 Å². The number of amides is 1. The monoisotopic (exact) mass is 399 g/mol. The third-order valence-electron chi connectivity index (χ3n) is 6.00. The van der Waals surface area contributed by atoms with Crippen molar-refractivity contribution in [2.24, 2.45) is 0 Å². The van der Waals surface area contributed by atoms with Crippen LogP contribution in [-0.4, -0.2) is 53.5 Å². The first-order chi connectivity index (χ1) is 13.7. The molecule has 28 heavy (non-hydrogen) atoms. The minimum Gasteiger partial charge on any atom is -0.381 e. The van der Waals surface area contributed by atoms with Gasteiger partial charge in [-0.2, -0.15) is 0 Å². The van der Waals surface area contributed by atoms with Crippen LogP contribution in [0.1, 0.15) is 51.8 Å². The highest BCUT2D eigenvalue weighted by Crippen LogP contribution is 2.31. The summed E-state index contributed by atoms with van der Waals surface area (Å²) in [6, 6.07) is 4.61. The number of thiophene rings is 1.